The molecule has 2 fully saturated rings. The van der Waals surface area contributed by atoms with Gasteiger partial charge in [0.25, 0.3) is 0 Å². The first-order valence-corrected chi connectivity index (χ1v) is 12.4. The third-order valence-electron chi connectivity index (χ3n) is 5.85. The van der Waals surface area contributed by atoms with Crippen LogP contribution < -0.4 is 5.32 Å². The number of carbonyl (C=O) groups is 2. The number of hydrogen-bond donors (Lipinski definition) is 1. The Morgan fingerprint density at radius 1 is 1.00 bits per heavy atom. The monoisotopic (exact) mass is 441 g/mol. The largest absolute Gasteiger partial charge is 0.338 e. The third-order valence-corrected chi connectivity index (χ3v) is 7.46. The number of sulfone groups is 1. The van der Waals surface area contributed by atoms with Crippen molar-refractivity contribution in [3.63, 3.8) is 0 Å². The molecule has 1 N–H and O–H groups in total. The SMILES string of the molecule is O=C(Nc1cccc(CN2CCCC2=O)c1)C(c1ccccc1)N1CCS(=O)(=O)CC1. The quantitative estimate of drug-likeness (QED) is 0.743. The summed E-state index contributed by atoms with van der Waals surface area (Å²) in [5, 5.41) is 3.00. The number of likely N-dealkylation sites (tertiary alicyclic amines) is 1. The van der Waals surface area contributed by atoms with Gasteiger partial charge in [-0.3, -0.25) is 14.5 Å². The summed E-state index contributed by atoms with van der Waals surface area (Å²) in [6.07, 6.45) is 1.49. The highest BCUT2D eigenvalue weighted by molar-refractivity contribution is 7.91. The molecule has 2 saturated heterocycles. The second-order valence-corrected chi connectivity index (χ2v) is 10.4. The molecule has 0 radical (unpaired) electrons. The minimum absolute atomic E-state index is 0.0585. The van der Waals surface area contributed by atoms with Crippen LogP contribution >= 0.6 is 0 Å². The molecule has 164 valence electrons. The number of benzene rings is 2. The van der Waals surface area contributed by atoms with Crippen LogP contribution in [0.4, 0.5) is 5.69 Å². The second kappa shape index (κ2) is 9.20. The van der Waals surface area contributed by atoms with Crippen molar-refractivity contribution in [1.82, 2.24) is 9.80 Å². The molecule has 0 bridgehead atoms. The van der Waals surface area contributed by atoms with E-state index in [1.54, 1.807) is 0 Å². The highest BCUT2D eigenvalue weighted by Crippen LogP contribution is 2.25. The van der Waals surface area contributed by atoms with Gasteiger partial charge in [-0.05, 0) is 29.7 Å². The summed E-state index contributed by atoms with van der Waals surface area (Å²) < 4.78 is 23.7. The number of carbonyl (C=O) groups excluding carboxylic acids is 2. The molecular formula is C23H27N3O4S. The van der Waals surface area contributed by atoms with Crippen LogP contribution in [0.5, 0.6) is 0 Å². The Morgan fingerprint density at radius 2 is 1.74 bits per heavy atom. The van der Waals surface area contributed by atoms with Crippen molar-refractivity contribution in [2.24, 2.45) is 0 Å². The molecule has 1 atom stereocenters. The van der Waals surface area contributed by atoms with Crippen molar-refractivity contribution in [1.29, 1.82) is 0 Å². The molecule has 2 aliphatic rings. The van der Waals surface area contributed by atoms with Gasteiger partial charge in [-0.1, -0.05) is 42.5 Å². The zero-order valence-electron chi connectivity index (χ0n) is 17.4. The zero-order valence-corrected chi connectivity index (χ0v) is 18.2. The number of anilines is 1. The van der Waals surface area contributed by atoms with Crippen LogP contribution in [0.15, 0.2) is 54.6 Å². The number of hydrogen-bond acceptors (Lipinski definition) is 5. The first-order valence-electron chi connectivity index (χ1n) is 10.6. The minimum atomic E-state index is -3.04. The molecule has 0 aliphatic carbocycles. The predicted octanol–water partition coefficient (Wildman–Crippen LogP) is 2.22. The fraction of sp³-hybridized carbons (Fsp3) is 0.391. The van der Waals surface area contributed by atoms with Gasteiger partial charge in [0, 0.05) is 38.3 Å². The second-order valence-electron chi connectivity index (χ2n) is 8.11. The van der Waals surface area contributed by atoms with Gasteiger partial charge >= 0.3 is 0 Å². The Labute approximate surface area is 183 Å². The lowest BCUT2D eigenvalue weighted by atomic mass is 10.0. The van der Waals surface area contributed by atoms with Crippen molar-refractivity contribution >= 4 is 27.3 Å². The van der Waals surface area contributed by atoms with E-state index in [0.29, 0.717) is 31.7 Å². The summed E-state index contributed by atoms with van der Waals surface area (Å²) in [6.45, 7) is 1.96. The maximum Gasteiger partial charge on any atom is 0.246 e. The highest BCUT2D eigenvalue weighted by Gasteiger charge is 2.32. The van der Waals surface area contributed by atoms with Gasteiger partial charge in [-0.25, -0.2) is 8.42 Å². The maximum absolute atomic E-state index is 13.3. The average Bonchev–Trinajstić information content (AvgIpc) is 3.15. The van der Waals surface area contributed by atoms with Gasteiger partial charge in [-0.15, -0.1) is 0 Å². The van der Waals surface area contributed by atoms with Crippen LogP contribution in [0.1, 0.15) is 30.0 Å². The molecule has 4 rings (SSSR count). The van der Waals surface area contributed by atoms with E-state index in [4.69, 9.17) is 0 Å². The molecular weight excluding hydrogens is 414 g/mol. The van der Waals surface area contributed by atoms with Gasteiger partial charge in [-0.2, -0.15) is 0 Å². The summed E-state index contributed by atoms with van der Waals surface area (Å²) >= 11 is 0. The number of nitrogens with zero attached hydrogens (tertiary/aromatic N) is 2. The molecule has 31 heavy (non-hydrogen) atoms. The summed E-state index contributed by atoms with van der Waals surface area (Å²) in [5.74, 6) is 0.0878. The van der Waals surface area contributed by atoms with Gasteiger partial charge in [0.15, 0.2) is 9.84 Å². The average molecular weight is 442 g/mol. The van der Waals surface area contributed by atoms with Crippen molar-refractivity contribution in [3.8, 4) is 0 Å². The lowest BCUT2D eigenvalue weighted by Crippen LogP contribution is -2.46. The van der Waals surface area contributed by atoms with Crippen molar-refractivity contribution < 1.29 is 18.0 Å². The summed E-state index contributed by atoms with van der Waals surface area (Å²) in [4.78, 5) is 29.0. The molecule has 0 aromatic heterocycles. The van der Waals surface area contributed by atoms with Gasteiger partial charge in [0.1, 0.15) is 6.04 Å². The molecule has 2 aromatic carbocycles. The van der Waals surface area contributed by atoms with Crippen LogP contribution in [-0.4, -0.2) is 61.2 Å². The normalized spacial score (nSPS) is 19.9. The Bertz CT molecular complexity index is 1040. The van der Waals surface area contributed by atoms with E-state index in [-0.39, 0.29) is 23.3 Å². The lowest BCUT2D eigenvalue weighted by Gasteiger charge is -2.33. The standard InChI is InChI=1S/C23H27N3O4S/c27-21-10-5-11-26(21)17-18-6-4-9-20(16-18)24-23(28)22(19-7-2-1-3-8-19)25-12-14-31(29,30)15-13-25/h1-4,6-9,16,22H,5,10-15,17H2,(H,24,28). The molecule has 0 saturated carbocycles. The highest BCUT2D eigenvalue weighted by atomic mass is 32.2. The van der Waals surface area contributed by atoms with Crippen molar-refractivity contribution in [2.45, 2.75) is 25.4 Å². The van der Waals surface area contributed by atoms with Crippen LogP contribution in [0.25, 0.3) is 0 Å². The summed E-state index contributed by atoms with van der Waals surface area (Å²) in [7, 11) is -3.04. The summed E-state index contributed by atoms with van der Waals surface area (Å²) in [6, 6.07) is 16.4. The fourth-order valence-corrected chi connectivity index (χ4v) is 5.43. The lowest BCUT2D eigenvalue weighted by molar-refractivity contribution is -0.128. The van der Waals surface area contributed by atoms with Crippen molar-refractivity contribution in [3.05, 3.63) is 65.7 Å². The van der Waals surface area contributed by atoms with Crippen LogP contribution in [0.3, 0.4) is 0 Å². The molecule has 7 nitrogen and oxygen atoms in total. The van der Waals surface area contributed by atoms with Crippen LogP contribution in [0.2, 0.25) is 0 Å². The molecule has 8 heteroatoms. The number of amides is 2. The molecule has 1 unspecified atom stereocenters. The van der Waals surface area contributed by atoms with Crippen LogP contribution in [0, 0.1) is 0 Å². The smallest absolute Gasteiger partial charge is 0.246 e. The van der Waals surface area contributed by atoms with Crippen LogP contribution in [-0.2, 0) is 26.0 Å². The minimum Gasteiger partial charge on any atom is -0.338 e. The third kappa shape index (κ3) is 5.32. The molecule has 0 spiro atoms. The Morgan fingerprint density at radius 3 is 2.42 bits per heavy atom. The topological polar surface area (TPSA) is 86.8 Å². The van der Waals surface area contributed by atoms with E-state index < -0.39 is 15.9 Å². The van der Waals surface area contributed by atoms with Gasteiger partial charge in [0.05, 0.1) is 11.5 Å². The number of rotatable bonds is 6. The van der Waals surface area contributed by atoms with E-state index in [1.807, 2.05) is 64.4 Å². The van der Waals surface area contributed by atoms with E-state index in [2.05, 4.69) is 5.32 Å². The van der Waals surface area contributed by atoms with Gasteiger partial charge < -0.3 is 10.2 Å². The van der Waals surface area contributed by atoms with E-state index >= 15 is 0 Å². The Balaban J connectivity index is 1.51. The first-order chi connectivity index (χ1) is 14.9. The fourth-order valence-electron chi connectivity index (χ4n) is 4.20. The van der Waals surface area contributed by atoms with Gasteiger partial charge in [0.2, 0.25) is 11.8 Å². The van der Waals surface area contributed by atoms with E-state index in [9.17, 15) is 18.0 Å². The Hall–Kier alpha value is -2.71. The predicted molar refractivity (Wildman–Crippen MR) is 119 cm³/mol. The number of nitrogens with one attached hydrogen (secondary N) is 1. The maximum atomic E-state index is 13.3. The molecule has 2 aliphatic heterocycles. The first kappa shape index (κ1) is 21.5. The molecule has 2 aromatic rings. The van der Waals surface area contributed by atoms with Crippen molar-refractivity contribution in [2.75, 3.05) is 36.5 Å². The van der Waals surface area contributed by atoms with E-state index in [1.165, 1.54) is 0 Å². The molecule has 2 heterocycles. The Kier molecular flexibility index (Phi) is 6.38. The molecule has 2 amide bonds. The van der Waals surface area contributed by atoms with E-state index in [0.717, 1.165) is 24.1 Å². The zero-order chi connectivity index (χ0) is 21.8. The summed E-state index contributed by atoms with van der Waals surface area (Å²) in [5.41, 5.74) is 2.46.